The van der Waals surface area contributed by atoms with Crippen LogP contribution in [0.25, 0.3) is 0 Å². The lowest BCUT2D eigenvalue weighted by atomic mass is 10.1. The Bertz CT molecular complexity index is 598. The van der Waals surface area contributed by atoms with Crippen LogP contribution in [0, 0.1) is 0 Å². The normalized spacial score (nSPS) is 13.4. The Morgan fingerprint density at radius 1 is 0.875 bits per heavy atom. The third-order valence-electron chi connectivity index (χ3n) is 3.59. The van der Waals surface area contributed by atoms with Gasteiger partial charge in [0.1, 0.15) is 11.9 Å². The molecule has 0 aliphatic heterocycles. The Balaban J connectivity index is 1.96. The van der Waals surface area contributed by atoms with Gasteiger partial charge in [-0.25, -0.2) is 0 Å². The number of hydrogen-bond donors (Lipinski definition) is 0. The van der Waals surface area contributed by atoms with Crippen molar-refractivity contribution in [2.75, 3.05) is 7.11 Å². The zero-order valence-electron chi connectivity index (χ0n) is 14.2. The topological polar surface area (TPSA) is 44.8 Å². The molecule has 4 heteroatoms. The standard InChI is InChI=1S/C20H24O4/c1-16(21)13-19(23-14-17-9-5-3-6-10-17)20(22-2)24-15-18-11-7-4-8-12-18/h3-12,19-20H,13-15H2,1-2H3. The molecule has 2 rings (SSSR count). The van der Waals surface area contributed by atoms with E-state index in [1.54, 1.807) is 14.0 Å². The molecule has 0 bridgehead atoms. The smallest absolute Gasteiger partial charge is 0.184 e. The predicted octanol–water partition coefficient (Wildman–Crippen LogP) is 3.74. The minimum atomic E-state index is -0.599. The van der Waals surface area contributed by atoms with Crippen molar-refractivity contribution in [1.82, 2.24) is 0 Å². The largest absolute Gasteiger partial charge is 0.368 e. The van der Waals surface area contributed by atoms with Gasteiger partial charge in [-0.2, -0.15) is 0 Å². The van der Waals surface area contributed by atoms with E-state index < -0.39 is 12.4 Å². The highest BCUT2D eigenvalue weighted by molar-refractivity contribution is 5.76. The van der Waals surface area contributed by atoms with Gasteiger partial charge in [0.15, 0.2) is 6.29 Å². The van der Waals surface area contributed by atoms with E-state index in [-0.39, 0.29) is 12.2 Å². The molecule has 0 aromatic heterocycles. The number of benzene rings is 2. The van der Waals surface area contributed by atoms with Crippen molar-refractivity contribution in [3.63, 3.8) is 0 Å². The van der Waals surface area contributed by atoms with Gasteiger partial charge in [0.25, 0.3) is 0 Å². The molecule has 0 radical (unpaired) electrons. The van der Waals surface area contributed by atoms with Crippen LogP contribution >= 0.6 is 0 Å². The van der Waals surface area contributed by atoms with E-state index in [2.05, 4.69) is 0 Å². The van der Waals surface area contributed by atoms with Crippen LogP contribution in [0.1, 0.15) is 24.5 Å². The van der Waals surface area contributed by atoms with Crippen molar-refractivity contribution < 1.29 is 19.0 Å². The lowest BCUT2D eigenvalue weighted by molar-refractivity contribution is -0.204. The molecule has 2 atom stereocenters. The molecule has 0 saturated carbocycles. The van der Waals surface area contributed by atoms with Gasteiger partial charge >= 0.3 is 0 Å². The second kappa shape index (κ2) is 9.98. The lowest BCUT2D eigenvalue weighted by Gasteiger charge is -2.26. The molecular weight excluding hydrogens is 304 g/mol. The molecule has 2 aromatic rings. The molecule has 4 nitrogen and oxygen atoms in total. The first-order valence-electron chi connectivity index (χ1n) is 8.02. The molecule has 0 amide bonds. The van der Waals surface area contributed by atoms with E-state index in [4.69, 9.17) is 14.2 Å². The van der Waals surface area contributed by atoms with Gasteiger partial charge in [0.2, 0.25) is 0 Å². The SMILES string of the molecule is COC(OCc1ccccc1)C(CC(C)=O)OCc1ccccc1. The van der Waals surface area contributed by atoms with Crippen molar-refractivity contribution >= 4 is 5.78 Å². The maximum absolute atomic E-state index is 11.6. The molecule has 0 aliphatic carbocycles. The van der Waals surface area contributed by atoms with Gasteiger partial charge < -0.3 is 14.2 Å². The number of hydrogen-bond acceptors (Lipinski definition) is 4. The summed E-state index contributed by atoms with van der Waals surface area (Å²) in [4.78, 5) is 11.6. The summed E-state index contributed by atoms with van der Waals surface area (Å²) in [5.74, 6) is 0.0402. The molecule has 0 heterocycles. The van der Waals surface area contributed by atoms with Crippen LogP contribution in [-0.2, 0) is 32.2 Å². The molecular formula is C20H24O4. The van der Waals surface area contributed by atoms with Crippen molar-refractivity contribution in [3.8, 4) is 0 Å². The van der Waals surface area contributed by atoms with E-state index in [0.717, 1.165) is 11.1 Å². The third-order valence-corrected chi connectivity index (χ3v) is 3.59. The number of ketones is 1. The van der Waals surface area contributed by atoms with Crippen molar-refractivity contribution in [1.29, 1.82) is 0 Å². The highest BCUT2D eigenvalue weighted by Crippen LogP contribution is 2.15. The Morgan fingerprint density at radius 2 is 1.38 bits per heavy atom. The molecule has 0 spiro atoms. The molecule has 2 unspecified atom stereocenters. The molecule has 2 aromatic carbocycles. The third kappa shape index (κ3) is 6.24. The van der Waals surface area contributed by atoms with Crippen LogP contribution in [0.5, 0.6) is 0 Å². The number of Topliss-reactive ketones (excluding diaryl/α,β-unsaturated/α-hetero) is 1. The van der Waals surface area contributed by atoms with E-state index in [1.165, 1.54) is 0 Å². The first-order chi connectivity index (χ1) is 11.7. The van der Waals surface area contributed by atoms with Crippen molar-refractivity contribution in [2.45, 2.75) is 39.0 Å². The second-order valence-electron chi connectivity index (χ2n) is 5.64. The zero-order chi connectivity index (χ0) is 17.2. The van der Waals surface area contributed by atoms with Crippen LogP contribution < -0.4 is 0 Å². The Hall–Kier alpha value is -2.01. The average Bonchev–Trinajstić information content (AvgIpc) is 2.61. The highest BCUT2D eigenvalue weighted by Gasteiger charge is 2.24. The highest BCUT2D eigenvalue weighted by atomic mass is 16.7. The maximum atomic E-state index is 11.6. The van der Waals surface area contributed by atoms with Crippen LogP contribution in [0.3, 0.4) is 0 Å². The average molecular weight is 328 g/mol. The molecule has 0 fully saturated rings. The quantitative estimate of drug-likeness (QED) is 0.623. The minimum absolute atomic E-state index is 0.0402. The van der Waals surface area contributed by atoms with E-state index in [1.807, 2.05) is 60.7 Å². The van der Waals surface area contributed by atoms with Gasteiger partial charge in [-0.1, -0.05) is 60.7 Å². The first-order valence-corrected chi connectivity index (χ1v) is 8.02. The Kier molecular flexibility index (Phi) is 7.62. The molecule has 0 aliphatic rings. The van der Waals surface area contributed by atoms with Gasteiger partial charge in [-0.05, 0) is 18.1 Å². The predicted molar refractivity (Wildman–Crippen MR) is 92.3 cm³/mol. The molecule has 128 valence electrons. The van der Waals surface area contributed by atoms with Crippen LogP contribution in [0.15, 0.2) is 60.7 Å². The van der Waals surface area contributed by atoms with Crippen LogP contribution in [0.2, 0.25) is 0 Å². The molecule has 24 heavy (non-hydrogen) atoms. The fourth-order valence-corrected chi connectivity index (χ4v) is 2.37. The summed E-state index contributed by atoms with van der Waals surface area (Å²) in [5, 5.41) is 0. The minimum Gasteiger partial charge on any atom is -0.368 e. The van der Waals surface area contributed by atoms with E-state index in [0.29, 0.717) is 13.2 Å². The number of carbonyl (C=O) groups excluding carboxylic acids is 1. The zero-order valence-corrected chi connectivity index (χ0v) is 14.2. The van der Waals surface area contributed by atoms with Gasteiger partial charge in [-0.15, -0.1) is 0 Å². The summed E-state index contributed by atoms with van der Waals surface area (Å²) in [6, 6.07) is 19.7. The summed E-state index contributed by atoms with van der Waals surface area (Å²) in [7, 11) is 1.56. The Labute approximate surface area is 143 Å². The van der Waals surface area contributed by atoms with Gasteiger partial charge in [-0.3, -0.25) is 4.79 Å². The molecule has 0 saturated heterocycles. The van der Waals surface area contributed by atoms with Crippen LogP contribution in [-0.4, -0.2) is 25.3 Å². The summed E-state index contributed by atoms with van der Waals surface area (Å²) < 4.78 is 17.2. The summed E-state index contributed by atoms with van der Waals surface area (Å²) >= 11 is 0. The number of rotatable bonds is 10. The first kappa shape index (κ1) is 18.3. The second-order valence-corrected chi connectivity index (χ2v) is 5.64. The van der Waals surface area contributed by atoms with Gasteiger partial charge in [0, 0.05) is 13.5 Å². The van der Waals surface area contributed by atoms with Crippen LogP contribution in [0.4, 0.5) is 0 Å². The summed E-state index contributed by atoms with van der Waals surface area (Å²) in [5.41, 5.74) is 2.09. The van der Waals surface area contributed by atoms with E-state index in [9.17, 15) is 4.79 Å². The van der Waals surface area contributed by atoms with Gasteiger partial charge in [0.05, 0.1) is 13.2 Å². The number of methoxy groups -OCH3 is 1. The fraction of sp³-hybridized carbons (Fsp3) is 0.350. The maximum Gasteiger partial charge on any atom is 0.184 e. The monoisotopic (exact) mass is 328 g/mol. The summed E-state index contributed by atoms with van der Waals surface area (Å²) in [6.07, 6.45) is -0.797. The summed E-state index contributed by atoms with van der Waals surface area (Å²) in [6.45, 7) is 2.36. The van der Waals surface area contributed by atoms with Crippen molar-refractivity contribution in [2.24, 2.45) is 0 Å². The fourth-order valence-electron chi connectivity index (χ4n) is 2.37. The molecule has 0 N–H and O–H groups in total. The number of carbonyl (C=O) groups is 1. The van der Waals surface area contributed by atoms with Crippen molar-refractivity contribution in [3.05, 3.63) is 71.8 Å². The van der Waals surface area contributed by atoms with E-state index >= 15 is 0 Å². The number of ether oxygens (including phenoxy) is 3. The lowest BCUT2D eigenvalue weighted by Crippen LogP contribution is -2.34. The Morgan fingerprint density at radius 3 is 1.83 bits per heavy atom.